The zero-order chi connectivity index (χ0) is 23.5. The van der Waals surface area contributed by atoms with Gasteiger partial charge in [-0.1, -0.05) is 35.4 Å². The van der Waals surface area contributed by atoms with Gasteiger partial charge >= 0.3 is 0 Å². The number of morpholine rings is 1. The summed E-state index contributed by atoms with van der Waals surface area (Å²) in [5.41, 5.74) is 8.11. The average Bonchev–Trinajstić information content (AvgIpc) is 3.32. The summed E-state index contributed by atoms with van der Waals surface area (Å²) in [5, 5.41) is 0. The maximum atomic E-state index is 13.5. The zero-order valence-corrected chi connectivity index (χ0v) is 20.8. The van der Waals surface area contributed by atoms with Crippen LogP contribution in [-0.4, -0.2) is 41.6 Å². The van der Waals surface area contributed by atoms with Crippen LogP contribution in [0.2, 0.25) is 0 Å². The molecule has 3 heterocycles. The number of amides is 1. The molecule has 5 rings (SSSR count). The molecule has 3 aliphatic rings. The smallest absolute Gasteiger partial charge is 0.229 e. The van der Waals surface area contributed by atoms with E-state index in [1.165, 1.54) is 11.1 Å². The Morgan fingerprint density at radius 1 is 0.939 bits per heavy atom. The van der Waals surface area contributed by atoms with E-state index >= 15 is 0 Å². The van der Waals surface area contributed by atoms with Gasteiger partial charge in [0.15, 0.2) is 5.84 Å². The topological polar surface area (TPSA) is 45.1 Å². The molecule has 3 aliphatic heterocycles. The summed E-state index contributed by atoms with van der Waals surface area (Å²) in [7, 11) is 0. The molecular formula is C28H35N3O2. The van der Waals surface area contributed by atoms with Crippen molar-refractivity contribution in [2.75, 3.05) is 18.1 Å². The molecule has 33 heavy (non-hydrogen) atoms. The number of anilines is 1. The van der Waals surface area contributed by atoms with Crippen molar-refractivity contribution in [1.82, 2.24) is 4.90 Å². The van der Waals surface area contributed by atoms with E-state index in [4.69, 9.17) is 9.73 Å². The normalized spacial score (nSPS) is 26.1. The lowest BCUT2D eigenvalue weighted by molar-refractivity contribution is -0.119. The van der Waals surface area contributed by atoms with Gasteiger partial charge < -0.3 is 9.64 Å². The molecule has 0 saturated carbocycles. The Kier molecular flexibility index (Phi) is 5.36. The lowest BCUT2D eigenvalue weighted by Gasteiger charge is -2.48. The molecule has 2 aromatic rings. The number of carbonyl (C=O) groups excluding carboxylic acids is 1. The molecule has 1 amide bonds. The highest BCUT2D eigenvalue weighted by molar-refractivity contribution is 6.09. The van der Waals surface area contributed by atoms with Crippen molar-refractivity contribution in [3.63, 3.8) is 0 Å². The SMILES string of the molecule is Cc1cc(C)c(N=C2N3CCCC3COC23CCC(=O)N3c2c(C)cc(C)cc2C)c(C)c1. The van der Waals surface area contributed by atoms with Gasteiger partial charge in [0, 0.05) is 19.4 Å². The van der Waals surface area contributed by atoms with E-state index < -0.39 is 5.72 Å². The first-order valence-corrected chi connectivity index (χ1v) is 12.2. The summed E-state index contributed by atoms with van der Waals surface area (Å²) in [6, 6.07) is 9.03. The molecule has 2 unspecified atom stereocenters. The number of fused-ring (bicyclic) bond motifs is 1. The molecule has 3 fully saturated rings. The van der Waals surface area contributed by atoms with Crippen molar-refractivity contribution in [2.24, 2.45) is 4.99 Å². The van der Waals surface area contributed by atoms with E-state index in [9.17, 15) is 4.79 Å². The predicted molar refractivity (Wildman–Crippen MR) is 134 cm³/mol. The van der Waals surface area contributed by atoms with E-state index in [0.29, 0.717) is 25.5 Å². The molecule has 0 N–H and O–H groups in total. The number of aryl methyl sites for hydroxylation is 6. The third-order valence-electron chi connectivity index (χ3n) is 7.51. The Hall–Kier alpha value is -2.66. The van der Waals surface area contributed by atoms with Crippen molar-refractivity contribution in [2.45, 2.75) is 79.0 Å². The first-order chi connectivity index (χ1) is 15.7. The monoisotopic (exact) mass is 445 g/mol. The van der Waals surface area contributed by atoms with Gasteiger partial charge in [0.05, 0.1) is 24.0 Å². The molecule has 0 bridgehead atoms. The number of benzene rings is 2. The Morgan fingerprint density at radius 2 is 1.55 bits per heavy atom. The van der Waals surface area contributed by atoms with E-state index in [-0.39, 0.29) is 5.91 Å². The van der Waals surface area contributed by atoms with Crippen molar-refractivity contribution in [3.05, 3.63) is 57.6 Å². The van der Waals surface area contributed by atoms with Gasteiger partial charge in [0.1, 0.15) is 0 Å². The van der Waals surface area contributed by atoms with Gasteiger partial charge in [-0.2, -0.15) is 0 Å². The number of aliphatic imine (C=N–C) groups is 1. The molecule has 5 heteroatoms. The second-order valence-corrected chi connectivity index (χ2v) is 10.2. The number of rotatable bonds is 2. The first-order valence-electron chi connectivity index (χ1n) is 12.2. The minimum absolute atomic E-state index is 0.118. The Labute approximate surface area is 197 Å². The summed E-state index contributed by atoms with van der Waals surface area (Å²) >= 11 is 0. The van der Waals surface area contributed by atoms with Crippen LogP contribution in [0.1, 0.15) is 59.1 Å². The van der Waals surface area contributed by atoms with Crippen molar-refractivity contribution in [3.8, 4) is 0 Å². The van der Waals surface area contributed by atoms with Crippen LogP contribution in [0.5, 0.6) is 0 Å². The maximum Gasteiger partial charge on any atom is 0.229 e. The van der Waals surface area contributed by atoms with Crippen LogP contribution in [0.3, 0.4) is 0 Å². The standard InChI is InChI=1S/C28H35N3O2/c1-17-12-19(3)25(20(4)13-17)29-27-28(33-16-23-8-7-11-30(23)27)10-9-24(32)31(28)26-21(5)14-18(2)15-22(26)6/h12-15,23H,7-11,16H2,1-6H3. The summed E-state index contributed by atoms with van der Waals surface area (Å²) < 4.78 is 6.74. The molecule has 2 aromatic carbocycles. The molecule has 2 atom stereocenters. The van der Waals surface area contributed by atoms with Crippen LogP contribution in [0.25, 0.3) is 0 Å². The molecule has 0 aliphatic carbocycles. The number of hydrogen-bond acceptors (Lipinski definition) is 3. The van der Waals surface area contributed by atoms with Gasteiger partial charge in [-0.05, 0) is 76.6 Å². The maximum absolute atomic E-state index is 13.5. The Balaban J connectivity index is 1.73. The predicted octanol–water partition coefficient (Wildman–Crippen LogP) is 5.59. The highest BCUT2D eigenvalue weighted by Gasteiger charge is 2.57. The largest absolute Gasteiger partial charge is 0.351 e. The molecular weight excluding hydrogens is 410 g/mol. The first kappa shape index (κ1) is 22.1. The Bertz CT molecular complexity index is 1120. The molecule has 174 valence electrons. The highest BCUT2D eigenvalue weighted by Crippen LogP contribution is 2.45. The van der Waals surface area contributed by atoms with Crippen LogP contribution in [0.4, 0.5) is 11.4 Å². The van der Waals surface area contributed by atoms with Crippen LogP contribution in [0.15, 0.2) is 29.3 Å². The summed E-state index contributed by atoms with van der Waals surface area (Å²) in [6.07, 6.45) is 3.34. The fourth-order valence-electron chi connectivity index (χ4n) is 6.30. The second-order valence-electron chi connectivity index (χ2n) is 10.2. The quantitative estimate of drug-likeness (QED) is 0.606. The number of nitrogens with zero attached hydrogens (tertiary/aromatic N) is 3. The number of hydrogen-bond donors (Lipinski definition) is 0. The third-order valence-corrected chi connectivity index (χ3v) is 7.51. The van der Waals surface area contributed by atoms with Gasteiger partial charge in [0.25, 0.3) is 0 Å². The van der Waals surface area contributed by atoms with E-state index in [0.717, 1.165) is 58.9 Å². The van der Waals surface area contributed by atoms with Crippen LogP contribution < -0.4 is 4.90 Å². The summed E-state index contributed by atoms with van der Waals surface area (Å²) in [5.74, 6) is 1.03. The summed E-state index contributed by atoms with van der Waals surface area (Å²) in [4.78, 5) is 23.2. The number of ether oxygens (including phenoxy) is 1. The van der Waals surface area contributed by atoms with E-state index in [1.807, 2.05) is 4.90 Å². The second kappa shape index (κ2) is 7.98. The number of carbonyl (C=O) groups is 1. The fraction of sp³-hybridized carbons (Fsp3) is 0.500. The molecule has 0 radical (unpaired) electrons. The van der Waals surface area contributed by atoms with Crippen LogP contribution in [0, 0.1) is 41.5 Å². The van der Waals surface area contributed by atoms with Crippen molar-refractivity contribution in [1.29, 1.82) is 0 Å². The van der Waals surface area contributed by atoms with Gasteiger partial charge in [-0.3, -0.25) is 9.69 Å². The van der Waals surface area contributed by atoms with Gasteiger partial charge in [-0.15, -0.1) is 0 Å². The molecule has 3 saturated heterocycles. The van der Waals surface area contributed by atoms with E-state index in [1.54, 1.807) is 0 Å². The van der Waals surface area contributed by atoms with Crippen LogP contribution >= 0.6 is 0 Å². The van der Waals surface area contributed by atoms with Crippen molar-refractivity contribution < 1.29 is 9.53 Å². The van der Waals surface area contributed by atoms with Gasteiger partial charge in [0.2, 0.25) is 11.6 Å². The molecule has 1 spiro atoms. The fourth-order valence-corrected chi connectivity index (χ4v) is 6.30. The third kappa shape index (κ3) is 3.48. The van der Waals surface area contributed by atoms with Gasteiger partial charge in [-0.25, -0.2) is 4.99 Å². The highest BCUT2D eigenvalue weighted by atomic mass is 16.5. The zero-order valence-electron chi connectivity index (χ0n) is 20.8. The lowest BCUT2D eigenvalue weighted by Crippen LogP contribution is -2.65. The minimum atomic E-state index is -0.855. The molecule has 0 aromatic heterocycles. The minimum Gasteiger partial charge on any atom is -0.351 e. The lowest BCUT2D eigenvalue weighted by atomic mass is 9.99. The molecule has 5 nitrogen and oxygen atoms in total. The van der Waals surface area contributed by atoms with Crippen LogP contribution in [-0.2, 0) is 9.53 Å². The number of amidine groups is 1. The van der Waals surface area contributed by atoms with Crippen molar-refractivity contribution >= 4 is 23.1 Å². The Morgan fingerprint density at radius 3 is 2.18 bits per heavy atom. The summed E-state index contributed by atoms with van der Waals surface area (Å²) in [6.45, 7) is 14.3. The van der Waals surface area contributed by atoms with E-state index in [2.05, 4.69) is 70.7 Å². The average molecular weight is 446 g/mol.